The second-order valence-electron chi connectivity index (χ2n) is 3.17. The number of hydrogen-bond acceptors (Lipinski definition) is 3. The number of hydrogen-bond donors (Lipinski definition) is 1. The summed E-state index contributed by atoms with van der Waals surface area (Å²) in [4.78, 5) is 4.56. The third-order valence-corrected chi connectivity index (χ3v) is 2.24. The van der Waals surface area contributed by atoms with Crippen molar-refractivity contribution in [2.24, 2.45) is 5.73 Å². The second kappa shape index (κ2) is 3.32. The number of nitrogens with zero attached hydrogens (tertiary/aromatic N) is 2. The van der Waals surface area contributed by atoms with Gasteiger partial charge in [-0.05, 0) is 20.5 Å². The maximum atomic E-state index is 5.50. The van der Waals surface area contributed by atoms with E-state index in [1.165, 1.54) is 13.0 Å². The van der Waals surface area contributed by atoms with E-state index in [4.69, 9.17) is 5.73 Å². The minimum atomic E-state index is 0.713. The van der Waals surface area contributed by atoms with Crippen LogP contribution in [0.1, 0.15) is 6.42 Å². The third kappa shape index (κ3) is 1.68. The first kappa shape index (κ1) is 7.98. The molecule has 1 saturated heterocycles. The van der Waals surface area contributed by atoms with Gasteiger partial charge in [0.05, 0.1) is 0 Å². The van der Waals surface area contributed by atoms with Crippen LogP contribution in [0.3, 0.4) is 0 Å². The highest BCUT2D eigenvalue weighted by molar-refractivity contribution is 4.79. The van der Waals surface area contributed by atoms with Crippen molar-refractivity contribution in [1.82, 2.24) is 9.80 Å². The quantitative estimate of drug-likeness (QED) is 0.567. The molecule has 0 bridgehead atoms. The van der Waals surface area contributed by atoms with Gasteiger partial charge in [0, 0.05) is 25.8 Å². The maximum absolute atomic E-state index is 5.50. The Hall–Kier alpha value is -0.120. The van der Waals surface area contributed by atoms with Gasteiger partial charge in [0.2, 0.25) is 0 Å². The molecule has 2 N–H and O–H groups in total. The van der Waals surface area contributed by atoms with Gasteiger partial charge in [0.25, 0.3) is 0 Å². The van der Waals surface area contributed by atoms with E-state index in [0.717, 1.165) is 12.6 Å². The maximum Gasteiger partial charge on any atom is 0.0455 e. The van der Waals surface area contributed by atoms with Gasteiger partial charge in [0.1, 0.15) is 0 Å². The summed E-state index contributed by atoms with van der Waals surface area (Å²) in [5, 5.41) is 0. The van der Waals surface area contributed by atoms with Crippen LogP contribution < -0.4 is 5.73 Å². The van der Waals surface area contributed by atoms with Crippen molar-refractivity contribution >= 4 is 0 Å². The zero-order valence-electron chi connectivity index (χ0n) is 6.88. The van der Waals surface area contributed by atoms with Crippen LogP contribution in [0, 0.1) is 0 Å². The fourth-order valence-corrected chi connectivity index (χ4v) is 1.40. The molecule has 1 rings (SSSR count). The van der Waals surface area contributed by atoms with Gasteiger partial charge in [-0.15, -0.1) is 0 Å². The molecule has 0 aromatic rings. The third-order valence-electron chi connectivity index (χ3n) is 2.24. The normalized spacial score (nSPS) is 28.2. The Balaban J connectivity index is 2.28. The molecular formula is C7H17N3. The van der Waals surface area contributed by atoms with Gasteiger partial charge in [-0.3, -0.25) is 4.90 Å². The van der Waals surface area contributed by atoms with Crippen molar-refractivity contribution in [3.8, 4) is 0 Å². The number of likely N-dealkylation sites (N-methyl/N-ethyl adjacent to an activating group) is 1. The second-order valence-corrected chi connectivity index (χ2v) is 3.17. The molecule has 3 nitrogen and oxygen atoms in total. The fraction of sp³-hybridized carbons (Fsp3) is 1.00. The van der Waals surface area contributed by atoms with E-state index in [1.54, 1.807) is 0 Å². The summed E-state index contributed by atoms with van der Waals surface area (Å²) in [6.07, 6.45) is 1.27. The Morgan fingerprint density at radius 3 is 2.60 bits per heavy atom. The molecule has 3 heteroatoms. The number of likely N-dealkylation sites (tertiary alicyclic amines) is 1. The Labute approximate surface area is 62.8 Å². The van der Waals surface area contributed by atoms with Gasteiger partial charge in [-0.2, -0.15) is 0 Å². The van der Waals surface area contributed by atoms with Crippen molar-refractivity contribution in [3.05, 3.63) is 0 Å². The highest BCUT2D eigenvalue weighted by atomic mass is 15.3. The molecule has 0 aromatic heterocycles. The summed E-state index contributed by atoms with van der Waals surface area (Å²) >= 11 is 0. The lowest BCUT2D eigenvalue weighted by atomic mass is 10.2. The van der Waals surface area contributed by atoms with Gasteiger partial charge in [-0.1, -0.05) is 0 Å². The van der Waals surface area contributed by atoms with Gasteiger partial charge in [0.15, 0.2) is 0 Å². The molecule has 1 heterocycles. The molecule has 0 radical (unpaired) electrons. The van der Waals surface area contributed by atoms with Crippen LogP contribution in [-0.4, -0.2) is 49.7 Å². The van der Waals surface area contributed by atoms with Crippen molar-refractivity contribution in [2.75, 3.05) is 33.9 Å². The van der Waals surface area contributed by atoms with E-state index < -0.39 is 0 Å². The van der Waals surface area contributed by atoms with E-state index in [9.17, 15) is 0 Å². The van der Waals surface area contributed by atoms with Crippen LogP contribution in [0.4, 0.5) is 0 Å². The summed E-state index contributed by atoms with van der Waals surface area (Å²) in [6, 6.07) is 0.726. The van der Waals surface area contributed by atoms with Crippen molar-refractivity contribution < 1.29 is 0 Å². The average molecular weight is 143 g/mol. The molecule has 1 aliphatic heterocycles. The summed E-state index contributed by atoms with van der Waals surface area (Å²) < 4.78 is 0. The molecule has 1 atom stereocenters. The fourth-order valence-electron chi connectivity index (χ4n) is 1.40. The predicted molar refractivity (Wildman–Crippen MR) is 42.7 cm³/mol. The molecule has 1 unspecified atom stereocenters. The first-order valence-corrected chi connectivity index (χ1v) is 3.83. The zero-order chi connectivity index (χ0) is 7.56. The molecule has 60 valence electrons. The molecule has 1 fully saturated rings. The first-order valence-electron chi connectivity index (χ1n) is 3.83. The number of rotatable bonds is 2. The Morgan fingerprint density at radius 2 is 2.30 bits per heavy atom. The van der Waals surface area contributed by atoms with E-state index in [-0.39, 0.29) is 0 Å². The zero-order valence-corrected chi connectivity index (χ0v) is 6.88. The molecule has 0 aliphatic carbocycles. The van der Waals surface area contributed by atoms with Crippen LogP contribution in [0.5, 0.6) is 0 Å². The van der Waals surface area contributed by atoms with Gasteiger partial charge >= 0.3 is 0 Å². The lowest BCUT2D eigenvalue weighted by molar-refractivity contribution is 0.272. The lowest BCUT2D eigenvalue weighted by Gasteiger charge is -2.18. The minimum Gasteiger partial charge on any atom is -0.318 e. The van der Waals surface area contributed by atoms with Crippen LogP contribution in [0.15, 0.2) is 0 Å². The monoisotopic (exact) mass is 143 g/mol. The molecule has 0 aromatic carbocycles. The molecule has 10 heavy (non-hydrogen) atoms. The molecular weight excluding hydrogens is 126 g/mol. The summed E-state index contributed by atoms with van der Waals surface area (Å²) in [5.74, 6) is 0. The Bertz CT molecular complexity index is 103. The van der Waals surface area contributed by atoms with Crippen molar-refractivity contribution in [3.63, 3.8) is 0 Å². The van der Waals surface area contributed by atoms with Crippen LogP contribution in [-0.2, 0) is 0 Å². The summed E-state index contributed by atoms with van der Waals surface area (Å²) in [5.41, 5.74) is 5.50. The smallest absolute Gasteiger partial charge is 0.0455 e. The predicted octanol–water partition coefficient (Wildman–Crippen LogP) is -0.461. The van der Waals surface area contributed by atoms with Crippen molar-refractivity contribution in [2.45, 2.75) is 12.5 Å². The minimum absolute atomic E-state index is 0.713. The summed E-state index contributed by atoms with van der Waals surface area (Å²) in [7, 11) is 4.26. The molecule has 1 aliphatic rings. The molecule has 0 amide bonds. The molecule has 0 spiro atoms. The Morgan fingerprint density at radius 1 is 1.60 bits per heavy atom. The molecule has 0 saturated carbocycles. The van der Waals surface area contributed by atoms with Crippen LogP contribution >= 0.6 is 0 Å². The van der Waals surface area contributed by atoms with E-state index in [0.29, 0.717) is 6.67 Å². The van der Waals surface area contributed by atoms with Crippen LogP contribution in [0.2, 0.25) is 0 Å². The van der Waals surface area contributed by atoms with Crippen molar-refractivity contribution in [1.29, 1.82) is 0 Å². The van der Waals surface area contributed by atoms with Gasteiger partial charge in [-0.25, -0.2) is 0 Å². The summed E-state index contributed by atoms with van der Waals surface area (Å²) in [6.45, 7) is 3.02. The van der Waals surface area contributed by atoms with E-state index in [2.05, 4.69) is 23.9 Å². The SMILES string of the molecule is CN(C)C1CCN(CN)C1. The Kier molecular flexibility index (Phi) is 2.65. The van der Waals surface area contributed by atoms with E-state index in [1.807, 2.05) is 0 Å². The topological polar surface area (TPSA) is 32.5 Å². The highest BCUT2D eigenvalue weighted by Gasteiger charge is 2.22. The first-order chi connectivity index (χ1) is 4.74. The standard InChI is InChI=1S/C7H17N3/c1-9(2)7-3-4-10(5-7)6-8/h7H,3-6,8H2,1-2H3. The van der Waals surface area contributed by atoms with Gasteiger partial charge < -0.3 is 10.6 Å². The lowest BCUT2D eigenvalue weighted by Crippen LogP contribution is -2.33. The number of nitrogens with two attached hydrogens (primary N) is 1. The highest BCUT2D eigenvalue weighted by Crippen LogP contribution is 2.10. The van der Waals surface area contributed by atoms with Crippen LogP contribution in [0.25, 0.3) is 0 Å². The largest absolute Gasteiger partial charge is 0.318 e. The van der Waals surface area contributed by atoms with E-state index >= 15 is 0 Å². The average Bonchev–Trinajstić information content (AvgIpc) is 2.34.